The van der Waals surface area contributed by atoms with Gasteiger partial charge in [0.25, 0.3) is 0 Å². The van der Waals surface area contributed by atoms with Gasteiger partial charge in [-0.1, -0.05) is 18.2 Å². The zero-order chi connectivity index (χ0) is 12.4. The average Bonchev–Trinajstić information content (AvgIpc) is 2.99. The van der Waals surface area contributed by atoms with Crippen LogP contribution in [0.25, 0.3) is 10.9 Å². The SMILES string of the molecule is Cn1ccnc1CNCc1cccc2cc[nH]c12. The maximum Gasteiger partial charge on any atom is 0.122 e. The van der Waals surface area contributed by atoms with E-state index >= 15 is 0 Å². The highest BCUT2D eigenvalue weighted by molar-refractivity contribution is 5.82. The molecule has 0 spiro atoms. The van der Waals surface area contributed by atoms with Crippen LogP contribution in [0.3, 0.4) is 0 Å². The van der Waals surface area contributed by atoms with Gasteiger partial charge in [-0.25, -0.2) is 4.98 Å². The molecule has 0 fully saturated rings. The minimum atomic E-state index is 0.778. The first-order valence-corrected chi connectivity index (χ1v) is 6.06. The van der Waals surface area contributed by atoms with E-state index in [1.807, 2.05) is 30.2 Å². The number of aromatic amines is 1. The van der Waals surface area contributed by atoms with Gasteiger partial charge >= 0.3 is 0 Å². The molecule has 18 heavy (non-hydrogen) atoms. The van der Waals surface area contributed by atoms with E-state index in [4.69, 9.17) is 0 Å². The molecule has 92 valence electrons. The smallest absolute Gasteiger partial charge is 0.122 e. The maximum atomic E-state index is 4.29. The molecule has 3 rings (SSSR count). The lowest BCUT2D eigenvalue weighted by Crippen LogP contribution is -2.15. The van der Waals surface area contributed by atoms with E-state index in [-0.39, 0.29) is 0 Å². The number of hydrogen-bond donors (Lipinski definition) is 2. The van der Waals surface area contributed by atoms with Gasteiger partial charge in [0.05, 0.1) is 6.54 Å². The van der Waals surface area contributed by atoms with Crippen molar-refractivity contribution >= 4 is 10.9 Å². The number of aryl methyl sites for hydroxylation is 1. The first-order chi connectivity index (χ1) is 8.84. The molecule has 4 heteroatoms. The zero-order valence-electron chi connectivity index (χ0n) is 10.4. The molecule has 0 saturated carbocycles. The Morgan fingerprint density at radius 1 is 1.28 bits per heavy atom. The molecule has 0 aliphatic carbocycles. The van der Waals surface area contributed by atoms with Crippen molar-refractivity contribution in [3.8, 4) is 0 Å². The van der Waals surface area contributed by atoms with E-state index in [2.05, 4.69) is 39.6 Å². The summed E-state index contributed by atoms with van der Waals surface area (Å²) in [5.41, 5.74) is 2.50. The highest BCUT2D eigenvalue weighted by atomic mass is 15.1. The monoisotopic (exact) mass is 240 g/mol. The highest BCUT2D eigenvalue weighted by Crippen LogP contribution is 2.16. The van der Waals surface area contributed by atoms with Crippen LogP contribution in [0.4, 0.5) is 0 Å². The minimum Gasteiger partial charge on any atom is -0.361 e. The van der Waals surface area contributed by atoms with Crippen LogP contribution >= 0.6 is 0 Å². The van der Waals surface area contributed by atoms with Crippen molar-refractivity contribution in [3.63, 3.8) is 0 Å². The fraction of sp³-hybridized carbons (Fsp3) is 0.214. The largest absolute Gasteiger partial charge is 0.361 e. The first kappa shape index (κ1) is 11.0. The Kier molecular flexibility index (Phi) is 2.86. The predicted octanol–water partition coefficient (Wildman–Crippen LogP) is 2.19. The van der Waals surface area contributed by atoms with E-state index in [0.717, 1.165) is 18.9 Å². The van der Waals surface area contributed by atoms with Gasteiger partial charge in [-0.3, -0.25) is 0 Å². The highest BCUT2D eigenvalue weighted by Gasteiger charge is 2.02. The van der Waals surface area contributed by atoms with E-state index in [0.29, 0.717) is 0 Å². The molecule has 2 aromatic heterocycles. The molecule has 1 aromatic carbocycles. The Balaban J connectivity index is 1.70. The number of aromatic nitrogens is 3. The van der Waals surface area contributed by atoms with Crippen LogP contribution in [0.5, 0.6) is 0 Å². The van der Waals surface area contributed by atoms with Gasteiger partial charge < -0.3 is 14.9 Å². The lowest BCUT2D eigenvalue weighted by molar-refractivity contribution is 0.640. The van der Waals surface area contributed by atoms with Crippen LogP contribution in [0, 0.1) is 0 Å². The van der Waals surface area contributed by atoms with Gasteiger partial charge in [0.1, 0.15) is 5.82 Å². The van der Waals surface area contributed by atoms with Crippen molar-refractivity contribution in [2.45, 2.75) is 13.1 Å². The third-order valence-electron chi connectivity index (χ3n) is 3.19. The van der Waals surface area contributed by atoms with Crippen LogP contribution in [-0.4, -0.2) is 14.5 Å². The quantitative estimate of drug-likeness (QED) is 0.734. The number of H-pyrrole nitrogens is 1. The summed E-state index contributed by atoms with van der Waals surface area (Å²) >= 11 is 0. The fourth-order valence-electron chi connectivity index (χ4n) is 2.17. The molecule has 0 aliphatic rings. The number of para-hydroxylation sites is 1. The third kappa shape index (κ3) is 2.02. The van der Waals surface area contributed by atoms with Crippen LogP contribution < -0.4 is 5.32 Å². The Labute approximate surface area is 106 Å². The third-order valence-corrected chi connectivity index (χ3v) is 3.19. The van der Waals surface area contributed by atoms with Gasteiger partial charge in [0.15, 0.2) is 0 Å². The summed E-state index contributed by atoms with van der Waals surface area (Å²) in [5, 5.41) is 4.68. The number of hydrogen-bond acceptors (Lipinski definition) is 2. The molecule has 4 nitrogen and oxygen atoms in total. The normalized spacial score (nSPS) is 11.2. The Morgan fingerprint density at radius 2 is 2.22 bits per heavy atom. The molecule has 0 aliphatic heterocycles. The molecule has 2 heterocycles. The zero-order valence-corrected chi connectivity index (χ0v) is 10.4. The second-order valence-electron chi connectivity index (χ2n) is 4.42. The van der Waals surface area contributed by atoms with Crippen molar-refractivity contribution in [2.75, 3.05) is 0 Å². The van der Waals surface area contributed by atoms with Gasteiger partial charge in [0.2, 0.25) is 0 Å². The number of rotatable bonds is 4. The lowest BCUT2D eigenvalue weighted by atomic mass is 10.1. The lowest BCUT2D eigenvalue weighted by Gasteiger charge is -2.06. The summed E-state index contributed by atoms with van der Waals surface area (Å²) in [5.74, 6) is 1.05. The summed E-state index contributed by atoms with van der Waals surface area (Å²) in [6, 6.07) is 8.45. The van der Waals surface area contributed by atoms with Gasteiger partial charge in [-0.15, -0.1) is 0 Å². The van der Waals surface area contributed by atoms with Crippen molar-refractivity contribution in [3.05, 3.63) is 54.2 Å². The fourth-order valence-corrected chi connectivity index (χ4v) is 2.17. The van der Waals surface area contributed by atoms with Crippen molar-refractivity contribution in [2.24, 2.45) is 7.05 Å². The van der Waals surface area contributed by atoms with Crippen molar-refractivity contribution < 1.29 is 0 Å². The molecule has 0 bridgehead atoms. The topological polar surface area (TPSA) is 45.6 Å². The molecular formula is C14H16N4. The van der Waals surface area contributed by atoms with E-state index in [9.17, 15) is 0 Å². The molecule has 2 N–H and O–H groups in total. The van der Waals surface area contributed by atoms with E-state index < -0.39 is 0 Å². The molecular weight excluding hydrogens is 224 g/mol. The molecule has 0 saturated heterocycles. The number of nitrogens with zero attached hydrogens (tertiary/aromatic N) is 2. The summed E-state index contributed by atoms with van der Waals surface area (Å²) in [6.45, 7) is 1.62. The summed E-state index contributed by atoms with van der Waals surface area (Å²) in [7, 11) is 2.01. The molecule has 0 radical (unpaired) electrons. The summed E-state index contributed by atoms with van der Waals surface area (Å²) < 4.78 is 2.03. The van der Waals surface area contributed by atoms with E-state index in [1.165, 1.54) is 16.5 Å². The first-order valence-electron chi connectivity index (χ1n) is 6.06. The van der Waals surface area contributed by atoms with Gasteiger partial charge in [-0.2, -0.15) is 0 Å². The van der Waals surface area contributed by atoms with Gasteiger partial charge in [0, 0.05) is 37.7 Å². The standard InChI is InChI=1S/C14H16N4/c1-18-8-7-16-13(18)10-15-9-12-4-2-3-11-5-6-17-14(11)12/h2-8,15,17H,9-10H2,1H3. The van der Waals surface area contributed by atoms with Gasteiger partial charge in [-0.05, 0) is 17.0 Å². The maximum absolute atomic E-state index is 4.29. The van der Waals surface area contributed by atoms with Crippen molar-refractivity contribution in [1.29, 1.82) is 0 Å². The summed E-state index contributed by atoms with van der Waals surface area (Å²) in [4.78, 5) is 7.57. The van der Waals surface area contributed by atoms with Crippen molar-refractivity contribution in [1.82, 2.24) is 19.9 Å². The molecule has 0 atom stereocenters. The molecule has 3 aromatic rings. The van der Waals surface area contributed by atoms with E-state index in [1.54, 1.807) is 0 Å². The Morgan fingerprint density at radius 3 is 3.06 bits per heavy atom. The number of nitrogens with one attached hydrogen (secondary N) is 2. The van der Waals surface area contributed by atoms with Crippen LogP contribution in [0.15, 0.2) is 42.9 Å². The predicted molar refractivity (Wildman–Crippen MR) is 72.1 cm³/mol. The Hall–Kier alpha value is -2.07. The molecule has 0 amide bonds. The second-order valence-corrected chi connectivity index (χ2v) is 4.42. The van der Waals surface area contributed by atoms with Crippen LogP contribution in [-0.2, 0) is 20.1 Å². The number of fused-ring (bicyclic) bond motifs is 1. The van der Waals surface area contributed by atoms with Crippen LogP contribution in [0.2, 0.25) is 0 Å². The number of benzene rings is 1. The summed E-state index contributed by atoms with van der Waals surface area (Å²) in [6.07, 6.45) is 5.76. The average molecular weight is 240 g/mol. The minimum absolute atomic E-state index is 0.778. The number of imidazole rings is 1. The Bertz CT molecular complexity index is 650. The van der Waals surface area contributed by atoms with Crippen LogP contribution in [0.1, 0.15) is 11.4 Å². The molecule has 0 unspecified atom stereocenters. The second kappa shape index (κ2) is 4.66.